The van der Waals surface area contributed by atoms with Gasteiger partial charge in [0.15, 0.2) is 5.43 Å². The Labute approximate surface area is 103 Å². The molecule has 0 amide bonds. The lowest BCUT2D eigenvalue weighted by Crippen LogP contribution is -2.05. The average Bonchev–Trinajstić information content (AvgIpc) is 2.22. The second-order valence-electron chi connectivity index (χ2n) is 3.72. The van der Waals surface area contributed by atoms with Crippen molar-refractivity contribution in [2.45, 2.75) is 19.8 Å². The second kappa shape index (κ2) is 4.48. The van der Waals surface area contributed by atoms with E-state index in [1.807, 2.05) is 0 Å². The molecule has 1 aromatic carbocycles. The van der Waals surface area contributed by atoms with E-state index in [0.717, 1.165) is 24.1 Å². The van der Waals surface area contributed by atoms with Gasteiger partial charge in [0.2, 0.25) is 0 Å². The maximum Gasteiger partial charge on any atom is 0.189 e. The van der Waals surface area contributed by atoms with Crippen molar-refractivity contribution in [3.63, 3.8) is 0 Å². The van der Waals surface area contributed by atoms with Crippen molar-refractivity contribution in [2.24, 2.45) is 0 Å². The predicted octanol–water partition coefficient (Wildman–Crippen LogP) is 3.79. The highest BCUT2D eigenvalue weighted by Crippen LogP contribution is 2.25. The molecule has 0 bridgehead atoms. The Kier molecular flexibility index (Phi) is 3.22. The van der Waals surface area contributed by atoms with Crippen LogP contribution in [0.15, 0.2) is 23.0 Å². The highest BCUT2D eigenvalue weighted by atomic mass is 35.5. The van der Waals surface area contributed by atoms with Gasteiger partial charge in [-0.05, 0) is 18.6 Å². The molecule has 0 spiro atoms. The van der Waals surface area contributed by atoms with Gasteiger partial charge < -0.3 is 4.98 Å². The normalized spacial score (nSPS) is 10.9. The predicted molar refractivity (Wildman–Crippen MR) is 68.6 cm³/mol. The molecule has 0 unspecified atom stereocenters. The number of pyridine rings is 1. The number of fused-ring (bicyclic) bond motifs is 1. The van der Waals surface area contributed by atoms with Crippen molar-refractivity contribution >= 4 is 34.1 Å². The molecule has 1 N–H and O–H groups in total. The van der Waals surface area contributed by atoms with Crippen LogP contribution in [0.25, 0.3) is 10.9 Å². The third-order valence-corrected chi connectivity index (χ3v) is 3.17. The molecule has 0 atom stereocenters. The molecule has 0 radical (unpaired) electrons. The smallest absolute Gasteiger partial charge is 0.189 e. The van der Waals surface area contributed by atoms with Gasteiger partial charge >= 0.3 is 0 Å². The number of nitrogens with one attached hydrogen (secondary N) is 1. The first-order valence-electron chi connectivity index (χ1n) is 5.12. The van der Waals surface area contributed by atoms with Gasteiger partial charge in [-0.2, -0.15) is 0 Å². The van der Waals surface area contributed by atoms with E-state index in [9.17, 15) is 4.79 Å². The minimum atomic E-state index is -0.0178. The van der Waals surface area contributed by atoms with Gasteiger partial charge in [-0.3, -0.25) is 4.79 Å². The molecule has 1 aromatic heterocycles. The molecule has 0 aliphatic heterocycles. The third-order valence-electron chi connectivity index (χ3n) is 2.45. The molecule has 0 aliphatic carbocycles. The van der Waals surface area contributed by atoms with Crippen LogP contribution in [0, 0.1) is 0 Å². The van der Waals surface area contributed by atoms with Gasteiger partial charge in [0.25, 0.3) is 0 Å². The van der Waals surface area contributed by atoms with Gasteiger partial charge in [-0.1, -0.05) is 36.5 Å². The Bertz CT molecular complexity index is 589. The highest BCUT2D eigenvalue weighted by molar-refractivity contribution is 6.42. The number of benzene rings is 1. The lowest BCUT2D eigenvalue weighted by Gasteiger charge is -2.04. The fourth-order valence-corrected chi connectivity index (χ4v) is 2.03. The summed E-state index contributed by atoms with van der Waals surface area (Å²) >= 11 is 11.8. The Hall–Kier alpha value is -0.990. The van der Waals surface area contributed by atoms with Crippen molar-refractivity contribution in [1.82, 2.24) is 4.98 Å². The second-order valence-corrected chi connectivity index (χ2v) is 4.54. The largest absolute Gasteiger partial charge is 0.358 e. The SMILES string of the molecule is CCCc1cc(=O)c2cc(Cl)c(Cl)cc2[nH]1. The van der Waals surface area contributed by atoms with Crippen LogP contribution in [-0.4, -0.2) is 4.98 Å². The first-order chi connectivity index (χ1) is 7.61. The van der Waals surface area contributed by atoms with E-state index in [1.54, 1.807) is 18.2 Å². The molecule has 2 aromatic rings. The van der Waals surface area contributed by atoms with Gasteiger partial charge in [0, 0.05) is 17.1 Å². The summed E-state index contributed by atoms with van der Waals surface area (Å²) in [6, 6.07) is 4.92. The maximum absolute atomic E-state index is 11.8. The number of hydrogen-bond donors (Lipinski definition) is 1. The van der Waals surface area contributed by atoms with Crippen LogP contribution in [0.4, 0.5) is 0 Å². The minimum Gasteiger partial charge on any atom is -0.358 e. The summed E-state index contributed by atoms with van der Waals surface area (Å²) in [5, 5.41) is 1.44. The fourth-order valence-electron chi connectivity index (χ4n) is 1.70. The van der Waals surface area contributed by atoms with Crippen LogP contribution in [-0.2, 0) is 6.42 Å². The molecule has 1 heterocycles. The number of aromatic amines is 1. The van der Waals surface area contributed by atoms with Crippen LogP contribution < -0.4 is 5.43 Å². The Morgan fingerprint density at radius 3 is 2.56 bits per heavy atom. The monoisotopic (exact) mass is 255 g/mol. The highest BCUT2D eigenvalue weighted by Gasteiger charge is 2.05. The standard InChI is InChI=1S/C12H11Cl2NO/c1-2-3-7-4-12(16)8-5-9(13)10(14)6-11(8)15-7/h4-6H,2-3H2,1H3,(H,15,16). The zero-order chi connectivity index (χ0) is 11.7. The number of hydrogen-bond acceptors (Lipinski definition) is 1. The van der Waals surface area contributed by atoms with Gasteiger partial charge in [-0.15, -0.1) is 0 Å². The van der Waals surface area contributed by atoms with Gasteiger partial charge in [0.1, 0.15) is 0 Å². The molecule has 0 aliphatic rings. The van der Waals surface area contributed by atoms with Crippen molar-refractivity contribution in [2.75, 3.05) is 0 Å². The van der Waals surface area contributed by atoms with Crippen LogP contribution in [0.2, 0.25) is 10.0 Å². The van der Waals surface area contributed by atoms with Gasteiger partial charge in [0.05, 0.1) is 15.6 Å². The summed E-state index contributed by atoms with van der Waals surface area (Å²) in [4.78, 5) is 15.0. The van der Waals surface area contributed by atoms with Crippen molar-refractivity contribution in [3.8, 4) is 0 Å². The van der Waals surface area contributed by atoms with Crippen LogP contribution in [0.1, 0.15) is 19.0 Å². The van der Waals surface area contributed by atoms with Crippen LogP contribution >= 0.6 is 23.2 Å². The Morgan fingerprint density at radius 2 is 1.88 bits per heavy atom. The Balaban J connectivity index is 2.72. The van der Waals surface area contributed by atoms with Crippen LogP contribution in [0.3, 0.4) is 0 Å². The van der Waals surface area contributed by atoms with Crippen molar-refractivity contribution in [1.29, 1.82) is 0 Å². The zero-order valence-corrected chi connectivity index (χ0v) is 10.3. The summed E-state index contributed by atoms with van der Waals surface area (Å²) in [6.07, 6.45) is 1.84. The lowest BCUT2D eigenvalue weighted by atomic mass is 10.1. The number of H-pyrrole nitrogens is 1. The van der Waals surface area contributed by atoms with E-state index in [2.05, 4.69) is 11.9 Å². The number of halogens is 2. The molecule has 2 rings (SSSR count). The van der Waals surface area contributed by atoms with Crippen LogP contribution in [0.5, 0.6) is 0 Å². The molecule has 4 heteroatoms. The number of aromatic nitrogens is 1. The summed E-state index contributed by atoms with van der Waals surface area (Å²) in [6.45, 7) is 2.07. The third kappa shape index (κ3) is 2.08. The summed E-state index contributed by atoms with van der Waals surface area (Å²) < 4.78 is 0. The van der Waals surface area contributed by atoms with Crippen molar-refractivity contribution in [3.05, 3.63) is 44.2 Å². The molecule has 0 saturated carbocycles. The maximum atomic E-state index is 11.8. The molecule has 2 nitrogen and oxygen atoms in total. The van der Waals surface area contributed by atoms with E-state index in [0.29, 0.717) is 15.4 Å². The first-order valence-corrected chi connectivity index (χ1v) is 5.88. The molecule has 0 fully saturated rings. The first kappa shape index (κ1) is 11.5. The lowest BCUT2D eigenvalue weighted by molar-refractivity contribution is 0.888. The van der Waals surface area contributed by atoms with E-state index < -0.39 is 0 Å². The van der Waals surface area contributed by atoms with E-state index in [4.69, 9.17) is 23.2 Å². The molecule has 0 saturated heterocycles. The zero-order valence-electron chi connectivity index (χ0n) is 8.81. The van der Waals surface area contributed by atoms with Crippen molar-refractivity contribution < 1.29 is 0 Å². The number of aryl methyl sites for hydroxylation is 1. The summed E-state index contributed by atoms with van der Waals surface area (Å²) in [7, 11) is 0. The fraction of sp³-hybridized carbons (Fsp3) is 0.250. The molecular weight excluding hydrogens is 245 g/mol. The Morgan fingerprint density at radius 1 is 1.19 bits per heavy atom. The quantitative estimate of drug-likeness (QED) is 0.871. The number of rotatable bonds is 2. The average molecular weight is 256 g/mol. The van der Waals surface area contributed by atoms with Gasteiger partial charge in [-0.25, -0.2) is 0 Å². The minimum absolute atomic E-state index is 0.0178. The van der Waals surface area contributed by atoms with E-state index >= 15 is 0 Å². The van der Waals surface area contributed by atoms with E-state index in [1.165, 1.54) is 0 Å². The summed E-state index contributed by atoms with van der Waals surface area (Å²) in [5.74, 6) is 0. The topological polar surface area (TPSA) is 32.9 Å². The molecule has 84 valence electrons. The van der Waals surface area contributed by atoms with E-state index in [-0.39, 0.29) is 5.43 Å². The summed E-state index contributed by atoms with van der Waals surface area (Å²) in [5.41, 5.74) is 1.65. The molecule has 16 heavy (non-hydrogen) atoms. The molecular formula is C12H11Cl2NO.